The standard InChI is InChI=1S/C32H30BrN3O2S/c33-24-12-14-25(15-13-24)34-27(37)21-39-31-35-29-26-11-5-4-10-23(26)20-32(17-6-7-18-32)28(29)30(38)36(31)19-16-22-8-2-1-3-9-22/h1-5,8-15H,6-7,16-21H2,(H,34,37). The van der Waals surface area contributed by atoms with Crippen molar-refractivity contribution in [3.8, 4) is 11.3 Å². The molecule has 1 spiro atoms. The third-order valence-corrected chi connectivity index (χ3v) is 9.46. The summed E-state index contributed by atoms with van der Waals surface area (Å²) >= 11 is 4.76. The Labute approximate surface area is 241 Å². The summed E-state index contributed by atoms with van der Waals surface area (Å²) in [6.07, 6.45) is 5.94. The molecule has 1 N–H and O–H groups in total. The number of nitrogens with zero attached hydrogens (tertiary/aromatic N) is 2. The van der Waals surface area contributed by atoms with Gasteiger partial charge in [-0.2, -0.15) is 0 Å². The molecule has 2 aliphatic carbocycles. The number of aryl methyl sites for hydroxylation is 1. The summed E-state index contributed by atoms with van der Waals surface area (Å²) in [4.78, 5) is 32.5. The second-order valence-corrected chi connectivity index (χ2v) is 12.3. The minimum Gasteiger partial charge on any atom is -0.325 e. The van der Waals surface area contributed by atoms with Gasteiger partial charge >= 0.3 is 0 Å². The Hall–Kier alpha value is -3.16. The van der Waals surface area contributed by atoms with Gasteiger partial charge < -0.3 is 5.32 Å². The molecule has 4 aromatic rings. The lowest BCUT2D eigenvalue weighted by molar-refractivity contribution is -0.113. The van der Waals surface area contributed by atoms with E-state index >= 15 is 0 Å². The first-order valence-corrected chi connectivity index (χ1v) is 15.3. The van der Waals surface area contributed by atoms with Gasteiger partial charge in [-0.25, -0.2) is 4.98 Å². The van der Waals surface area contributed by atoms with E-state index < -0.39 is 0 Å². The van der Waals surface area contributed by atoms with Gasteiger partial charge in [0.2, 0.25) is 5.91 Å². The molecule has 5 nitrogen and oxygen atoms in total. The maximum absolute atomic E-state index is 14.4. The molecule has 1 fully saturated rings. The Morgan fingerprint density at radius 1 is 0.974 bits per heavy atom. The molecule has 0 aliphatic heterocycles. The fourth-order valence-electron chi connectivity index (χ4n) is 6.10. The second-order valence-electron chi connectivity index (χ2n) is 10.5. The number of nitrogens with one attached hydrogen (secondary N) is 1. The summed E-state index contributed by atoms with van der Waals surface area (Å²) in [7, 11) is 0. The molecule has 1 heterocycles. The molecule has 0 bridgehead atoms. The van der Waals surface area contributed by atoms with Crippen LogP contribution in [0.5, 0.6) is 0 Å². The molecule has 0 unspecified atom stereocenters. The second kappa shape index (κ2) is 11.1. The first-order chi connectivity index (χ1) is 19.0. The van der Waals surface area contributed by atoms with E-state index in [0.29, 0.717) is 11.7 Å². The highest BCUT2D eigenvalue weighted by Gasteiger charge is 2.44. The Morgan fingerprint density at radius 3 is 2.46 bits per heavy atom. The molecular formula is C32H30BrN3O2S. The summed E-state index contributed by atoms with van der Waals surface area (Å²) < 4.78 is 2.79. The quantitative estimate of drug-likeness (QED) is 0.183. The van der Waals surface area contributed by atoms with E-state index in [-0.39, 0.29) is 22.6 Å². The van der Waals surface area contributed by atoms with Crippen molar-refractivity contribution in [3.05, 3.63) is 110 Å². The molecule has 198 valence electrons. The average Bonchev–Trinajstić information content (AvgIpc) is 3.41. The number of halogens is 1. The van der Waals surface area contributed by atoms with Crippen LogP contribution >= 0.6 is 27.7 Å². The minimum absolute atomic E-state index is 0.0585. The molecular weight excluding hydrogens is 570 g/mol. The molecule has 6 rings (SSSR count). The molecule has 1 saturated carbocycles. The van der Waals surface area contributed by atoms with Crippen LogP contribution in [0.1, 0.15) is 42.4 Å². The SMILES string of the molecule is O=C(CSc1nc2c(c(=O)n1CCc1ccccc1)C1(CCCC1)Cc1ccccc1-2)Nc1ccc(Br)cc1. The Kier molecular flexibility index (Phi) is 7.45. The molecule has 1 aromatic heterocycles. The van der Waals surface area contributed by atoms with Crippen LogP contribution in [0.25, 0.3) is 11.3 Å². The number of carbonyl (C=O) groups is 1. The largest absolute Gasteiger partial charge is 0.325 e. The third kappa shape index (κ3) is 5.35. The normalized spacial score (nSPS) is 15.1. The number of hydrogen-bond acceptors (Lipinski definition) is 4. The molecule has 3 aromatic carbocycles. The van der Waals surface area contributed by atoms with Crippen LogP contribution in [-0.4, -0.2) is 21.2 Å². The van der Waals surface area contributed by atoms with Gasteiger partial charge in [-0.15, -0.1) is 0 Å². The van der Waals surface area contributed by atoms with Crippen LogP contribution < -0.4 is 10.9 Å². The zero-order valence-corrected chi connectivity index (χ0v) is 24.1. The van der Waals surface area contributed by atoms with Crippen LogP contribution in [0.2, 0.25) is 0 Å². The monoisotopic (exact) mass is 599 g/mol. The predicted octanol–water partition coefficient (Wildman–Crippen LogP) is 7.01. The number of benzene rings is 3. The van der Waals surface area contributed by atoms with E-state index in [4.69, 9.17) is 4.98 Å². The number of thioether (sulfide) groups is 1. The molecule has 2 aliphatic rings. The predicted molar refractivity (Wildman–Crippen MR) is 161 cm³/mol. The Bertz CT molecular complexity index is 1560. The highest BCUT2D eigenvalue weighted by molar-refractivity contribution is 9.10. The molecule has 0 atom stereocenters. The molecule has 1 amide bonds. The van der Waals surface area contributed by atoms with Gasteiger partial charge in [0.05, 0.1) is 17.0 Å². The van der Waals surface area contributed by atoms with E-state index in [9.17, 15) is 9.59 Å². The lowest BCUT2D eigenvalue weighted by Gasteiger charge is -2.36. The third-order valence-electron chi connectivity index (χ3n) is 7.95. The van der Waals surface area contributed by atoms with Crippen molar-refractivity contribution < 1.29 is 4.79 Å². The van der Waals surface area contributed by atoms with Gasteiger partial charge in [-0.1, -0.05) is 95.1 Å². The highest BCUT2D eigenvalue weighted by Crippen LogP contribution is 2.50. The van der Waals surface area contributed by atoms with Crippen molar-refractivity contribution in [2.24, 2.45) is 0 Å². The summed E-state index contributed by atoms with van der Waals surface area (Å²) in [6.45, 7) is 0.525. The number of anilines is 1. The highest BCUT2D eigenvalue weighted by atomic mass is 79.9. The van der Waals surface area contributed by atoms with Gasteiger partial charge in [0.25, 0.3) is 5.56 Å². The van der Waals surface area contributed by atoms with Crippen molar-refractivity contribution in [1.29, 1.82) is 0 Å². The maximum atomic E-state index is 14.4. The van der Waals surface area contributed by atoms with Crippen molar-refractivity contribution >= 4 is 39.3 Å². The number of amides is 1. The minimum atomic E-state index is -0.148. The molecule has 39 heavy (non-hydrogen) atoms. The summed E-state index contributed by atoms with van der Waals surface area (Å²) in [5.41, 5.74) is 5.84. The lowest BCUT2D eigenvalue weighted by atomic mass is 9.68. The Balaban J connectivity index is 1.38. The number of carbonyl (C=O) groups excluding carboxylic acids is 1. The van der Waals surface area contributed by atoms with Crippen LogP contribution in [0, 0.1) is 0 Å². The van der Waals surface area contributed by atoms with Crippen molar-refractivity contribution in [1.82, 2.24) is 9.55 Å². The average molecular weight is 601 g/mol. The molecule has 7 heteroatoms. The van der Waals surface area contributed by atoms with E-state index in [1.807, 2.05) is 53.1 Å². The first-order valence-electron chi connectivity index (χ1n) is 13.5. The van der Waals surface area contributed by atoms with Gasteiger partial charge in [0, 0.05) is 27.7 Å². The lowest BCUT2D eigenvalue weighted by Crippen LogP contribution is -2.40. The van der Waals surface area contributed by atoms with Crippen molar-refractivity contribution in [3.63, 3.8) is 0 Å². The number of fused-ring (bicyclic) bond motifs is 4. The van der Waals surface area contributed by atoms with Crippen LogP contribution in [0.4, 0.5) is 5.69 Å². The van der Waals surface area contributed by atoms with E-state index in [1.54, 1.807) is 0 Å². The Morgan fingerprint density at radius 2 is 1.69 bits per heavy atom. The number of aromatic nitrogens is 2. The number of hydrogen-bond donors (Lipinski definition) is 1. The maximum Gasteiger partial charge on any atom is 0.258 e. The summed E-state index contributed by atoms with van der Waals surface area (Å²) in [5, 5.41) is 3.56. The van der Waals surface area contributed by atoms with Crippen LogP contribution in [0.3, 0.4) is 0 Å². The summed E-state index contributed by atoms with van der Waals surface area (Å²) in [6, 6.07) is 26.1. The van der Waals surface area contributed by atoms with Crippen molar-refractivity contribution in [2.75, 3.05) is 11.1 Å². The van der Waals surface area contributed by atoms with Crippen LogP contribution in [-0.2, 0) is 29.6 Å². The van der Waals surface area contributed by atoms with Gasteiger partial charge in [0.1, 0.15) is 0 Å². The fraction of sp³-hybridized carbons (Fsp3) is 0.281. The van der Waals surface area contributed by atoms with E-state index in [2.05, 4.69) is 51.6 Å². The topological polar surface area (TPSA) is 64.0 Å². The van der Waals surface area contributed by atoms with E-state index in [0.717, 1.165) is 65.5 Å². The molecule has 0 saturated heterocycles. The van der Waals surface area contributed by atoms with Crippen molar-refractivity contribution in [2.45, 2.75) is 55.6 Å². The molecule has 0 radical (unpaired) electrons. The number of rotatable bonds is 7. The van der Waals surface area contributed by atoms with Gasteiger partial charge in [-0.05, 0) is 61.1 Å². The fourth-order valence-corrected chi connectivity index (χ4v) is 7.18. The van der Waals surface area contributed by atoms with Crippen LogP contribution in [0.15, 0.2) is 93.3 Å². The first kappa shape index (κ1) is 26.1. The zero-order chi connectivity index (χ0) is 26.8. The smallest absolute Gasteiger partial charge is 0.258 e. The summed E-state index contributed by atoms with van der Waals surface area (Å²) in [5.74, 6) is 0.0379. The van der Waals surface area contributed by atoms with Gasteiger partial charge in [0.15, 0.2) is 5.16 Å². The van der Waals surface area contributed by atoms with Gasteiger partial charge in [-0.3, -0.25) is 14.2 Å². The van der Waals surface area contributed by atoms with E-state index in [1.165, 1.54) is 22.9 Å². The zero-order valence-electron chi connectivity index (χ0n) is 21.7.